The smallest absolute Gasteiger partial charge is 0.318 e. The van der Waals surface area contributed by atoms with Gasteiger partial charge in [-0.05, 0) is 39.2 Å². The van der Waals surface area contributed by atoms with Gasteiger partial charge in [0.05, 0.1) is 18.3 Å². The minimum Gasteiger partial charge on any atom is -0.385 e. The fraction of sp³-hybridized carbons (Fsp3) is 0.611. The van der Waals surface area contributed by atoms with E-state index >= 15 is 0 Å². The highest BCUT2D eigenvalue weighted by molar-refractivity contribution is 7.18. The Morgan fingerprint density at radius 2 is 2.19 bits per heavy atom. The minimum atomic E-state index is -0.269. The van der Waals surface area contributed by atoms with E-state index in [0.717, 1.165) is 27.1 Å². The molecule has 2 amide bonds. The van der Waals surface area contributed by atoms with Gasteiger partial charge < -0.3 is 15.0 Å². The van der Waals surface area contributed by atoms with Crippen LogP contribution >= 0.6 is 11.3 Å². The highest BCUT2D eigenvalue weighted by Gasteiger charge is 2.27. The number of amides is 2. The lowest BCUT2D eigenvalue weighted by Crippen LogP contribution is -2.49. The van der Waals surface area contributed by atoms with Gasteiger partial charge in [0.1, 0.15) is 4.83 Å². The third-order valence-electron chi connectivity index (χ3n) is 4.34. The average Bonchev–Trinajstić information content (AvgIpc) is 2.93. The minimum absolute atomic E-state index is 0.0104. The molecule has 0 radical (unpaired) electrons. The maximum Gasteiger partial charge on any atom is 0.318 e. The molecule has 142 valence electrons. The molecule has 7 nitrogen and oxygen atoms in total. The van der Waals surface area contributed by atoms with E-state index in [0.29, 0.717) is 32.7 Å². The maximum absolute atomic E-state index is 12.9. The van der Waals surface area contributed by atoms with Crippen LogP contribution in [-0.4, -0.2) is 46.3 Å². The van der Waals surface area contributed by atoms with Gasteiger partial charge in [0, 0.05) is 37.2 Å². The van der Waals surface area contributed by atoms with E-state index in [1.54, 1.807) is 22.9 Å². The number of aryl methyl sites for hydroxylation is 1. The monoisotopic (exact) mass is 378 g/mol. The number of hydrogen-bond donors (Lipinski definition) is 1. The summed E-state index contributed by atoms with van der Waals surface area (Å²) in [5.74, 6) is 0. The summed E-state index contributed by atoms with van der Waals surface area (Å²) in [7, 11) is 1.65. The Morgan fingerprint density at radius 3 is 2.88 bits per heavy atom. The van der Waals surface area contributed by atoms with Crippen molar-refractivity contribution < 1.29 is 9.53 Å². The standard InChI is InChI=1S/C18H26N4O3S/c1-18(2,3)20-17(24)21-8-6-12-13(10-21)26-15-14(12)16(23)22(11-19-15)7-5-9-25-4/h11H,5-10H2,1-4H3,(H,20,24). The fourth-order valence-corrected chi connectivity index (χ4v) is 4.32. The second-order valence-corrected chi connectivity index (χ2v) is 8.71. The molecule has 26 heavy (non-hydrogen) atoms. The Kier molecular flexibility index (Phi) is 5.34. The van der Waals surface area contributed by atoms with Crippen molar-refractivity contribution in [1.29, 1.82) is 0 Å². The maximum atomic E-state index is 12.9. The molecule has 0 saturated carbocycles. The van der Waals surface area contributed by atoms with Crippen molar-refractivity contribution in [3.05, 3.63) is 27.1 Å². The highest BCUT2D eigenvalue weighted by atomic mass is 32.1. The van der Waals surface area contributed by atoms with Crippen LogP contribution in [0.2, 0.25) is 0 Å². The molecule has 0 saturated heterocycles. The summed E-state index contributed by atoms with van der Waals surface area (Å²) in [6.07, 6.45) is 3.08. The first kappa shape index (κ1) is 18.8. The predicted octanol–water partition coefficient (Wildman–Crippen LogP) is 2.36. The van der Waals surface area contributed by atoms with Crippen molar-refractivity contribution >= 4 is 27.6 Å². The van der Waals surface area contributed by atoms with E-state index in [1.807, 2.05) is 20.8 Å². The second-order valence-electron chi connectivity index (χ2n) is 7.63. The average molecular weight is 378 g/mol. The van der Waals surface area contributed by atoms with E-state index in [-0.39, 0.29) is 17.1 Å². The van der Waals surface area contributed by atoms with Crippen LogP contribution in [0.25, 0.3) is 10.2 Å². The highest BCUT2D eigenvalue weighted by Crippen LogP contribution is 2.32. The Bertz CT molecular complexity index is 866. The molecule has 0 spiro atoms. The van der Waals surface area contributed by atoms with Crippen LogP contribution in [0.15, 0.2) is 11.1 Å². The summed E-state index contributed by atoms with van der Waals surface area (Å²) in [5.41, 5.74) is 0.800. The van der Waals surface area contributed by atoms with Crippen LogP contribution in [0.4, 0.5) is 4.79 Å². The lowest BCUT2D eigenvalue weighted by atomic mass is 10.1. The number of hydrogen-bond acceptors (Lipinski definition) is 5. The van der Waals surface area contributed by atoms with Gasteiger partial charge in [-0.1, -0.05) is 0 Å². The number of thiophene rings is 1. The number of nitrogens with zero attached hydrogens (tertiary/aromatic N) is 3. The van der Waals surface area contributed by atoms with E-state index in [9.17, 15) is 9.59 Å². The zero-order valence-electron chi connectivity index (χ0n) is 15.8. The van der Waals surface area contributed by atoms with Crippen molar-refractivity contribution in [3.63, 3.8) is 0 Å². The molecule has 0 bridgehead atoms. The molecule has 2 aromatic heterocycles. The van der Waals surface area contributed by atoms with Crippen LogP contribution in [0.1, 0.15) is 37.6 Å². The Labute approximate surface area is 157 Å². The summed E-state index contributed by atoms with van der Waals surface area (Å²) < 4.78 is 6.72. The molecule has 1 N–H and O–H groups in total. The lowest BCUT2D eigenvalue weighted by Gasteiger charge is -2.31. The number of fused-ring (bicyclic) bond motifs is 3. The van der Waals surface area contributed by atoms with Crippen LogP contribution in [-0.2, 0) is 24.2 Å². The number of rotatable bonds is 4. The van der Waals surface area contributed by atoms with E-state index in [2.05, 4.69) is 10.3 Å². The zero-order chi connectivity index (χ0) is 18.9. The number of urea groups is 1. The summed E-state index contributed by atoms with van der Waals surface area (Å²) in [6, 6.07) is -0.0643. The lowest BCUT2D eigenvalue weighted by molar-refractivity contribution is 0.184. The van der Waals surface area contributed by atoms with Gasteiger partial charge in [0.25, 0.3) is 5.56 Å². The van der Waals surface area contributed by atoms with Crippen LogP contribution in [0, 0.1) is 0 Å². The van der Waals surface area contributed by atoms with Crippen LogP contribution in [0.5, 0.6) is 0 Å². The van der Waals surface area contributed by atoms with Gasteiger partial charge in [0.2, 0.25) is 0 Å². The quantitative estimate of drug-likeness (QED) is 0.829. The first-order valence-corrected chi connectivity index (χ1v) is 9.67. The third kappa shape index (κ3) is 3.91. The van der Waals surface area contributed by atoms with Crippen LogP contribution < -0.4 is 10.9 Å². The predicted molar refractivity (Wildman–Crippen MR) is 103 cm³/mol. The van der Waals surface area contributed by atoms with Gasteiger partial charge in [-0.3, -0.25) is 9.36 Å². The Hall–Kier alpha value is -1.93. The Morgan fingerprint density at radius 1 is 1.42 bits per heavy atom. The largest absolute Gasteiger partial charge is 0.385 e. The van der Waals surface area contributed by atoms with Crippen LogP contribution in [0.3, 0.4) is 0 Å². The molecule has 3 rings (SSSR count). The summed E-state index contributed by atoms with van der Waals surface area (Å²) in [6.45, 7) is 8.26. The number of ether oxygens (including phenoxy) is 1. The normalized spacial score (nSPS) is 14.5. The first-order valence-electron chi connectivity index (χ1n) is 8.86. The molecule has 1 aliphatic rings. The number of nitrogens with one attached hydrogen (secondary N) is 1. The van der Waals surface area contributed by atoms with Crippen molar-refractivity contribution in [1.82, 2.24) is 19.8 Å². The molecule has 2 aromatic rings. The van der Waals surface area contributed by atoms with Crippen molar-refractivity contribution in [2.45, 2.75) is 52.2 Å². The summed E-state index contributed by atoms with van der Waals surface area (Å²) in [5, 5.41) is 3.72. The molecule has 0 atom stereocenters. The van der Waals surface area contributed by atoms with Crippen molar-refractivity contribution in [3.8, 4) is 0 Å². The fourth-order valence-electron chi connectivity index (χ4n) is 3.13. The molecule has 0 unspecified atom stereocenters. The number of carbonyl (C=O) groups is 1. The second kappa shape index (κ2) is 7.36. The Balaban J connectivity index is 1.85. The first-order chi connectivity index (χ1) is 12.3. The SMILES string of the molecule is COCCCn1cnc2sc3c(c2c1=O)CCN(C(=O)NC(C)(C)C)C3. The molecular weight excluding hydrogens is 352 g/mol. The van der Waals surface area contributed by atoms with Gasteiger partial charge in [-0.25, -0.2) is 9.78 Å². The molecule has 0 aliphatic carbocycles. The molecule has 3 heterocycles. The summed E-state index contributed by atoms with van der Waals surface area (Å²) >= 11 is 1.52. The van der Waals surface area contributed by atoms with E-state index < -0.39 is 0 Å². The third-order valence-corrected chi connectivity index (χ3v) is 5.47. The molecule has 0 fully saturated rings. The zero-order valence-corrected chi connectivity index (χ0v) is 16.6. The van der Waals surface area contributed by atoms with Crippen molar-refractivity contribution in [2.24, 2.45) is 0 Å². The van der Waals surface area contributed by atoms with E-state index in [4.69, 9.17) is 4.74 Å². The van der Waals surface area contributed by atoms with Gasteiger partial charge in [-0.15, -0.1) is 11.3 Å². The molecule has 1 aliphatic heterocycles. The molecule has 0 aromatic carbocycles. The van der Waals surface area contributed by atoms with Gasteiger partial charge in [0.15, 0.2) is 0 Å². The number of aromatic nitrogens is 2. The van der Waals surface area contributed by atoms with E-state index in [1.165, 1.54) is 11.3 Å². The van der Waals surface area contributed by atoms with Crippen molar-refractivity contribution in [2.75, 3.05) is 20.3 Å². The number of carbonyl (C=O) groups excluding carboxylic acids is 1. The molecule has 8 heteroatoms. The number of methoxy groups -OCH3 is 1. The topological polar surface area (TPSA) is 76.5 Å². The van der Waals surface area contributed by atoms with Gasteiger partial charge >= 0.3 is 6.03 Å². The van der Waals surface area contributed by atoms with Gasteiger partial charge in [-0.2, -0.15) is 0 Å². The summed E-state index contributed by atoms with van der Waals surface area (Å²) in [4.78, 5) is 33.4. The molecular formula is C18H26N4O3S.